The number of likely N-dealkylation sites (N-methyl/N-ethyl adjacent to an activating group) is 1. The molecule has 0 aliphatic carbocycles. The molecule has 1 N–H and O–H groups in total. The lowest BCUT2D eigenvalue weighted by atomic mass is 10.0. The average molecular weight is 411 g/mol. The number of hydrogen-bond acceptors (Lipinski definition) is 3. The van der Waals surface area contributed by atoms with Crippen LogP contribution in [-0.2, 0) is 22.6 Å². The van der Waals surface area contributed by atoms with Gasteiger partial charge in [-0.05, 0) is 34.5 Å². The van der Waals surface area contributed by atoms with E-state index in [1.165, 1.54) is 4.90 Å². The van der Waals surface area contributed by atoms with Gasteiger partial charge >= 0.3 is 0 Å². The first-order valence-electron chi connectivity index (χ1n) is 9.27. The van der Waals surface area contributed by atoms with Crippen LogP contribution in [0.2, 0.25) is 5.02 Å². The summed E-state index contributed by atoms with van der Waals surface area (Å²) in [7, 11) is 3.25. The Morgan fingerprint density at radius 1 is 1.03 bits per heavy atom. The van der Waals surface area contributed by atoms with Crippen molar-refractivity contribution in [1.29, 1.82) is 0 Å². The molecule has 0 heterocycles. The Kier molecular flexibility index (Phi) is 6.73. The standard InChI is InChI=1S/C23H23ClN2O3/c1-26(15-18-12-19(24)10-11-21(18)29-2)23(28)14-25-22(27)13-17-8-5-7-16-6-3-4-9-20(16)17/h3-12H,13-15H2,1-2H3,(H,25,27). The SMILES string of the molecule is COc1ccc(Cl)cc1CN(C)C(=O)CNC(=O)Cc1cccc2ccccc12. The number of carbonyl (C=O) groups excluding carboxylic acids is 2. The lowest BCUT2D eigenvalue weighted by Gasteiger charge is -2.19. The third kappa shape index (κ3) is 5.27. The second-order valence-electron chi connectivity index (χ2n) is 6.80. The molecule has 3 rings (SSSR count). The first kappa shape index (κ1) is 20.7. The number of amides is 2. The predicted octanol–water partition coefficient (Wildman–Crippen LogP) is 3.82. The monoisotopic (exact) mass is 410 g/mol. The zero-order valence-corrected chi connectivity index (χ0v) is 17.2. The number of carbonyl (C=O) groups is 2. The average Bonchev–Trinajstić information content (AvgIpc) is 2.72. The Hall–Kier alpha value is -3.05. The van der Waals surface area contributed by atoms with E-state index in [2.05, 4.69) is 5.32 Å². The highest BCUT2D eigenvalue weighted by Crippen LogP contribution is 2.23. The maximum Gasteiger partial charge on any atom is 0.242 e. The van der Waals surface area contributed by atoms with Gasteiger partial charge in [0, 0.05) is 24.2 Å². The third-order valence-corrected chi connectivity index (χ3v) is 4.98. The Balaban J connectivity index is 1.57. The molecule has 150 valence electrons. The molecule has 0 spiro atoms. The van der Waals surface area contributed by atoms with E-state index in [0.717, 1.165) is 21.9 Å². The summed E-state index contributed by atoms with van der Waals surface area (Å²) in [6.45, 7) is 0.269. The van der Waals surface area contributed by atoms with E-state index < -0.39 is 0 Å². The van der Waals surface area contributed by atoms with Crippen molar-refractivity contribution in [2.45, 2.75) is 13.0 Å². The maximum atomic E-state index is 12.4. The number of benzene rings is 3. The van der Waals surface area contributed by atoms with Gasteiger partial charge in [0.1, 0.15) is 5.75 Å². The van der Waals surface area contributed by atoms with Crippen molar-refractivity contribution in [3.63, 3.8) is 0 Å². The van der Waals surface area contributed by atoms with Gasteiger partial charge in [0.15, 0.2) is 0 Å². The summed E-state index contributed by atoms with van der Waals surface area (Å²) < 4.78 is 5.31. The predicted molar refractivity (Wildman–Crippen MR) is 115 cm³/mol. The zero-order valence-electron chi connectivity index (χ0n) is 16.4. The normalized spacial score (nSPS) is 10.6. The molecule has 3 aromatic rings. The van der Waals surface area contributed by atoms with E-state index in [9.17, 15) is 9.59 Å². The molecular weight excluding hydrogens is 388 g/mol. The second-order valence-corrected chi connectivity index (χ2v) is 7.23. The minimum absolute atomic E-state index is 0.0665. The number of hydrogen-bond donors (Lipinski definition) is 1. The number of fused-ring (bicyclic) bond motifs is 1. The van der Waals surface area contributed by atoms with Crippen LogP contribution in [0.25, 0.3) is 10.8 Å². The number of methoxy groups -OCH3 is 1. The number of nitrogens with one attached hydrogen (secondary N) is 1. The van der Waals surface area contributed by atoms with Crippen LogP contribution in [0.3, 0.4) is 0 Å². The van der Waals surface area contributed by atoms with Crippen LogP contribution in [0.5, 0.6) is 5.75 Å². The Bertz CT molecular complexity index is 1030. The third-order valence-electron chi connectivity index (χ3n) is 4.74. The van der Waals surface area contributed by atoms with Crippen LogP contribution in [0.4, 0.5) is 0 Å². The van der Waals surface area contributed by atoms with Crippen LogP contribution in [0.1, 0.15) is 11.1 Å². The van der Waals surface area contributed by atoms with Crippen LogP contribution in [-0.4, -0.2) is 37.4 Å². The summed E-state index contributed by atoms with van der Waals surface area (Å²) >= 11 is 6.04. The highest BCUT2D eigenvalue weighted by molar-refractivity contribution is 6.30. The molecule has 3 aromatic carbocycles. The molecule has 2 amide bonds. The van der Waals surface area contributed by atoms with Gasteiger partial charge in [-0.25, -0.2) is 0 Å². The fourth-order valence-electron chi connectivity index (χ4n) is 3.21. The van der Waals surface area contributed by atoms with E-state index in [1.807, 2.05) is 42.5 Å². The molecule has 0 saturated heterocycles. The lowest BCUT2D eigenvalue weighted by Crippen LogP contribution is -2.38. The fourth-order valence-corrected chi connectivity index (χ4v) is 3.40. The smallest absolute Gasteiger partial charge is 0.242 e. The van der Waals surface area contributed by atoms with Crippen LogP contribution < -0.4 is 10.1 Å². The first-order valence-corrected chi connectivity index (χ1v) is 9.65. The van der Waals surface area contributed by atoms with Crippen molar-refractivity contribution in [2.24, 2.45) is 0 Å². The molecule has 0 radical (unpaired) electrons. The van der Waals surface area contributed by atoms with E-state index in [0.29, 0.717) is 17.3 Å². The Morgan fingerprint density at radius 3 is 2.59 bits per heavy atom. The molecule has 5 nitrogen and oxygen atoms in total. The summed E-state index contributed by atoms with van der Waals surface area (Å²) in [5, 5.41) is 5.42. The molecule has 29 heavy (non-hydrogen) atoms. The van der Waals surface area contributed by atoms with Gasteiger partial charge in [0.05, 0.1) is 20.1 Å². The van der Waals surface area contributed by atoms with Gasteiger partial charge in [-0.1, -0.05) is 54.1 Å². The molecule has 0 atom stereocenters. The molecule has 0 unspecified atom stereocenters. The summed E-state index contributed by atoms with van der Waals surface area (Å²) in [4.78, 5) is 26.3. The van der Waals surface area contributed by atoms with E-state index in [4.69, 9.17) is 16.3 Å². The molecule has 6 heteroatoms. The van der Waals surface area contributed by atoms with E-state index in [1.54, 1.807) is 32.4 Å². The minimum Gasteiger partial charge on any atom is -0.496 e. The highest BCUT2D eigenvalue weighted by atomic mass is 35.5. The van der Waals surface area contributed by atoms with Gasteiger partial charge < -0.3 is 15.0 Å². The molecule has 0 bridgehead atoms. The van der Waals surface area contributed by atoms with Gasteiger partial charge in [0.2, 0.25) is 11.8 Å². The Morgan fingerprint density at radius 2 is 1.79 bits per heavy atom. The van der Waals surface area contributed by atoms with Crippen LogP contribution in [0.15, 0.2) is 60.7 Å². The molecule has 0 saturated carbocycles. The van der Waals surface area contributed by atoms with Crippen LogP contribution in [0, 0.1) is 0 Å². The highest BCUT2D eigenvalue weighted by Gasteiger charge is 2.14. The van der Waals surface area contributed by atoms with Crippen molar-refractivity contribution in [3.05, 3.63) is 76.8 Å². The van der Waals surface area contributed by atoms with Crippen molar-refractivity contribution in [3.8, 4) is 5.75 Å². The number of halogens is 1. The number of nitrogens with zero attached hydrogens (tertiary/aromatic N) is 1. The summed E-state index contributed by atoms with van der Waals surface area (Å²) in [6, 6.07) is 19.1. The van der Waals surface area contributed by atoms with Crippen molar-refractivity contribution < 1.29 is 14.3 Å². The minimum atomic E-state index is -0.196. The number of ether oxygens (including phenoxy) is 1. The van der Waals surface area contributed by atoms with Crippen molar-refractivity contribution in [2.75, 3.05) is 20.7 Å². The molecule has 0 fully saturated rings. The second kappa shape index (κ2) is 9.43. The fraction of sp³-hybridized carbons (Fsp3) is 0.217. The van der Waals surface area contributed by atoms with E-state index >= 15 is 0 Å². The van der Waals surface area contributed by atoms with Crippen LogP contribution >= 0.6 is 11.6 Å². The summed E-state index contributed by atoms with van der Waals surface area (Å²) in [5.74, 6) is 0.274. The topological polar surface area (TPSA) is 58.6 Å². The Labute approximate surface area is 175 Å². The summed E-state index contributed by atoms with van der Waals surface area (Å²) in [6.07, 6.45) is 0.223. The summed E-state index contributed by atoms with van der Waals surface area (Å²) in [5.41, 5.74) is 1.74. The molecular formula is C23H23ClN2O3. The lowest BCUT2D eigenvalue weighted by molar-refractivity contribution is -0.132. The molecule has 0 aromatic heterocycles. The van der Waals surface area contributed by atoms with E-state index in [-0.39, 0.29) is 24.8 Å². The molecule has 0 aliphatic heterocycles. The first-order chi connectivity index (χ1) is 14.0. The zero-order chi connectivity index (χ0) is 20.8. The largest absolute Gasteiger partial charge is 0.496 e. The van der Waals surface area contributed by atoms with Gasteiger partial charge in [-0.15, -0.1) is 0 Å². The van der Waals surface area contributed by atoms with Gasteiger partial charge in [0.25, 0.3) is 0 Å². The molecule has 0 aliphatic rings. The van der Waals surface area contributed by atoms with Crippen molar-refractivity contribution >= 4 is 34.2 Å². The van der Waals surface area contributed by atoms with Gasteiger partial charge in [-0.3, -0.25) is 9.59 Å². The van der Waals surface area contributed by atoms with Gasteiger partial charge in [-0.2, -0.15) is 0 Å². The van der Waals surface area contributed by atoms with Crippen molar-refractivity contribution in [1.82, 2.24) is 10.2 Å². The number of rotatable bonds is 7. The maximum absolute atomic E-state index is 12.4. The quantitative estimate of drug-likeness (QED) is 0.644.